The van der Waals surface area contributed by atoms with Crippen LogP contribution >= 0.6 is 11.6 Å². The van der Waals surface area contributed by atoms with Gasteiger partial charge in [-0.2, -0.15) is 4.31 Å². The van der Waals surface area contributed by atoms with Crippen LogP contribution in [-0.2, 0) is 21.4 Å². The van der Waals surface area contributed by atoms with E-state index in [0.717, 1.165) is 36.1 Å². The molecule has 0 unspecified atom stereocenters. The van der Waals surface area contributed by atoms with Crippen LogP contribution in [-0.4, -0.2) is 47.8 Å². The van der Waals surface area contributed by atoms with Gasteiger partial charge in [-0.1, -0.05) is 23.7 Å². The van der Waals surface area contributed by atoms with Gasteiger partial charge in [0.05, 0.1) is 27.3 Å². The molecule has 1 N–H and O–H groups in total. The number of nitrogens with one attached hydrogen (secondary N) is 1. The first kappa shape index (κ1) is 22.7. The molecule has 2 aromatic carbocycles. The second kappa shape index (κ2) is 9.56. The largest absolute Gasteiger partial charge is 0.356 e. The van der Waals surface area contributed by atoms with E-state index in [2.05, 4.69) is 14.9 Å². The number of carbonyl (C=O) groups excluding carboxylic acids is 1. The lowest BCUT2D eigenvalue weighted by Crippen LogP contribution is -2.43. The molecule has 170 valence electrons. The van der Waals surface area contributed by atoms with Crippen LogP contribution < -0.4 is 5.32 Å². The average Bonchev–Trinajstić information content (AvgIpc) is 3.21. The van der Waals surface area contributed by atoms with Crippen molar-refractivity contribution in [3.8, 4) is 0 Å². The van der Waals surface area contributed by atoms with Crippen LogP contribution in [0.4, 0.5) is 4.39 Å². The Kier molecular flexibility index (Phi) is 6.78. The number of aromatic nitrogens is 2. The maximum atomic E-state index is 13.4. The zero-order valence-electron chi connectivity index (χ0n) is 17.4. The number of benzene rings is 2. The Balaban J connectivity index is 1.25. The van der Waals surface area contributed by atoms with Crippen LogP contribution in [0.2, 0.25) is 5.02 Å². The van der Waals surface area contributed by atoms with Crippen molar-refractivity contribution in [2.24, 2.45) is 5.92 Å². The molecule has 3 aromatic rings. The third-order valence-corrected chi connectivity index (χ3v) is 7.94. The highest BCUT2D eigenvalue weighted by Crippen LogP contribution is 2.26. The van der Waals surface area contributed by atoms with Gasteiger partial charge < -0.3 is 9.88 Å². The summed E-state index contributed by atoms with van der Waals surface area (Å²) in [7, 11) is -3.77. The molecule has 4 rings (SSSR count). The number of hydrogen-bond acceptors (Lipinski definition) is 4. The zero-order valence-corrected chi connectivity index (χ0v) is 18.9. The molecule has 0 bridgehead atoms. The van der Waals surface area contributed by atoms with E-state index in [1.165, 1.54) is 10.4 Å². The molecule has 0 spiro atoms. The quantitative estimate of drug-likeness (QED) is 0.527. The van der Waals surface area contributed by atoms with Crippen molar-refractivity contribution in [1.29, 1.82) is 0 Å². The van der Waals surface area contributed by atoms with Crippen molar-refractivity contribution < 1.29 is 17.6 Å². The summed E-state index contributed by atoms with van der Waals surface area (Å²) in [6.45, 7) is 1.75. The Labute approximate surface area is 191 Å². The average molecular weight is 479 g/mol. The first-order chi connectivity index (χ1) is 15.4. The minimum atomic E-state index is -3.77. The van der Waals surface area contributed by atoms with Crippen LogP contribution in [0, 0.1) is 11.7 Å². The van der Waals surface area contributed by atoms with E-state index in [4.69, 9.17) is 11.6 Å². The molecule has 1 aliphatic heterocycles. The van der Waals surface area contributed by atoms with Gasteiger partial charge in [-0.25, -0.2) is 17.8 Å². The minimum absolute atomic E-state index is 0.0428. The Morgan fingerprint density at radius 2 is 1.94 bits per heavy atom. The number of sulfonamides is 1. The van der Waals surface area contributed by atoms with Crippen LogP contribution in [0.15, 0.2) is 53.7 Å². The maximum Gasteiger partial charge on any atom is 0.243 e. The van der Waals surface area contributed by atoms with Crippen molar-refractivity contribution >= 4 is 38.6 Å². The van der Waals surface area contributed by atoms with Gasteiger partial charge in [0.1, 0.15) is 5.82 Å². The van der Waals surface area contributed by atoms with Crippen LogP contribution in [0.1, 0.15) is 19.3 Å². The number of rotatable bonds is 7. The summed E-state index contributed by atoms with van der Waals surface area (Å²) >= 11 is 5.73. The zero-order chi connectivity index (χ0) is 22.7. The molecule has 1 amide bonds. The topological polar surface area (TPSA) is 84.3 Å². The highest BCUT2D eigenvalue weighted by atomic mass is 35.5. The lowest BCUT2D eigenvalue weighted by Gasteiger charge is -2.30. The summed E-state index contributed by atoms with van der Waals surface area (Å²) in [5.41, 5.74) is 2.01. The smallest absolute Gasteiger partial charge is 0.243 e. The molecule has 0 atom stereocenters. The molecule has 2 heterocycles. The second-order valence-electron chi connectivity index (χ2n) is 7.83. The highest BCUT2D eigenvalue weighted by Gasteiger charge is 2.32. The lowest BCUT2D eigenvalue weighted by molar-refractivity contribution is -0.126. The molecule has 32 heavy (non-hydrogen) atoms. The van der Waals surface area contributed by atoms with Crippen molar-refractivity contribution in [2.75, 3.05) is 19.6 Å². The number of aryl methyl sites for hydroxylation is 1. The first-order valence-corrected chi connectivity index (χ1v) is 12.3. The molecule has 1 fully saturated rings. The maximum absolute atomic E-state index is 13.4. The number of fused-ring (bicyclic) bond motifs is 1. The molecular weight excluding hydrogens is 455 g/mol. The fourth-order valence-corrected chi connectivity index (χ4v) is 5.68. The standard InChI is InChI=1S/C22H24ClFN4O3S/c23-18-14-17(6-7-19(18)24)32(30,31)28-12-8-16(9-13-28)22(29)25-10-3-11-27-15-26-20-4-1-2-5-21(20)27/h1-2,4-7,14-16H,3,8-13H2,(H,25,29). The summed E-state index contributed by atoms with van der Waals surface area (Å²) in [5, 5.41) is 2.73. The summed E-state index contributed by atoms with van der Waals surface area (Å²) < 4.78 is 42.3. The number of para-hydroxylation sites is 2. The lowest BCUT2D eigenvalue weighted by atomic mass is 9.97. The Morgan fingerprint density at radius 3 is 2.69 bits per heavy atom. The van der Waals surface area contributed by atoms with E-state index in [1.54, 1.807) is 6.33 Å². The Hall–Kier alpha value is -2.49. The van der Waals surface area contributed by atoms with E-state index >= 15 is 0 Å². The number of carbonyl (C=O) groups is 1. The predicted molar refractivity (Wildman–Crippen MR) is 120 cm³/mol. The SMILES string of the molecule is O=C(NCCCn1cnc2ccccc21)C1CCN(S(=O)(=O)c2ccc(F)c(Cl)c2)CC1. The molecule has 7 nitrogen and oxygen atoms in total. The Morgan fingerprint density at radius 1 is 1.19 bits per heavy atom. The van der Waals surface area contributed by atoms with Crippen molar-refractivity contribution in [1.82, 2.24) is 19.2 Å². The van der Waals surface area contributed by atoms with Gasteiger partial charge in [0.2, 0.25) is 15.9 Å². The summed E-state index contributed by atoms with van der Waals surface area (Å²) in [6, 6.07) is 11.3. The van der Waals surface area contributed by atoms with Crippen molar-refractivity contribution in [2.45, 2.75) is 30.7 Å². The van der Waals surface area contributed by atoms with E-state index in [0.29, 0.717) is 19.4 Å². The monoisotopic (exact) mass is 478 g/mol. The molecule has 1 aliphatic rings. The van der Waals surface area contributed by atoms with Gasteiger partial charge in [-0.15, -0.1) is 0 Å². The van der Waals surface area contributed by atoms with Gasteiger partial charge >= 0.3 is 0 Å². The number of piperidine rings is 1. The second-order valence-corrected chi connectivity index (χ2v) is 10.2. The fourth-order valence-electron chi connectivity index (χ4n) is 3.94. The molecule has 10 heteroatoms. The molecular formula is C22H24ClFN4O3S. The molecule has 0 radical (unpaired) electrons. The van der Waals surface area contributed by atoms with E-state index in [1.807, 2.05) is 24.3 Å². The normalized spacial score (nSPS) is 15.8. The number of imidazole rings is 1. The van der Waals surface area contributed by atoms with Gasteiger partial charge in [0, 0.05) is 32.1 Å². The van der Waals surface area contributed by atoms with Gasteiger partial charge in [-0.3, -0.25) is 4.79 Å². The van der Waals surface area contributed by atoms with Crippen LogP contribution in [0.25, 0.3) is 11.0 Å². The van der Waals surface area contributed by atoms with E-state index in [-0.39, 0.29) is 34.8 Å². The van der Waals surface area contributed by atoms with Crippen LogP contribution in [0.5, 0.6) is 0 Å². The molecule has 1 saturated heterocycles. The number of nitrogens with zero attached hydrogens (tertiary/aromatic N) is 3. The highest BCUT2D eigenvalue weighted by molar-refractivity contribution is 7.89. The minimum Gasteiger partial charge on any atom is -0.356 e. The molecule has 0 saturated carbocycles. The number of halogens is 2. The first-order valence-electron chi connectivity index (χ1n) is 10.5. The van der Waals surface area contributed by atoms with Gasteiger partial charge in [0.25, 0.3) is 0 Å². The fraction of sp³-hybridized carbons (Fsp3) is 0.364. The van der Waals surface area contributed by atoms with Gasteiger partial charge in [0.15, 0.2) is 0 Å². The van der Waals surface area contributed by atoms with Crippen molar-refractivity contribution in [3.63, 3.8) is 0 Å². The summed E-state index contributed by atoms with van der Waals surface area (Å²) in [5.74, 6) is -0.947. The molecule has 1 aromatic heterocycles. The number of hydrogen-bond donors (Lipinski definition) is 1. The van der Waals surface area contributed by atoms with Crippen molar-refractivity contribution in [3.05, 3.63) is 59.6 Å². The van der Waals surface area contributed by atoms with Gasteiger partial charge in [-0.05, 0) is 49.6 Å². The third-order valence-electron chi connectivity index (χ3n) is 5.76. The summed E-state index contributed by atoms with van der Waals surface area (Å²) in [6.07, 6.45) is 3.44. The predicted octanol–water partition coefficient (Wildman–Crippen LogP) is 3.44. The van der Waals surface area contributed by atoms with E-state index in [9.17, 15) is 17.6 Å². The van der Waals surface area contributed by atoms with Crippen LogP contribution in [0.3, 0.4) is 0 Å². The number of amides is 1. The van der Waals surface area contributed by atoms with E-state index < -0.39 is 15.8 Å². The summed E-state index contributed by atoms with van der Waals surface area (Å²) in [4.78, 5) is 16.8. The molecule has 0 aliphatic carbocycles. The Bertz CT molecular complexity index is 1220. The third kappa shape index (κ3) is 4.79.